The number of carbonyl (C=O) groups is 1. The molecule has 2 rings (SSSR count). The van der Waals surface area contributed by atoms with Gasteiger partial charge < -0.3 is 4.74 Å². The van der Waals surface area contributed by atoms with Crippen molar-refractivity contribution in [1.29, 1.82) is 0 Å². The molecule has 0 fully saturated rings. The van der Waals surface area contributed by atoms with Gasteiger partial charge in [-0.3, -0.25) is 4.79 Å². The van der Waals surface area contributed by atoms with Crippen LogP contribution in [0.15, 0.2) is 53.6 Å². The Balaban J connectivity index is 1.85. The largest absolute Gasteiger partial charge is 0.497 e. The molecule has 0 spiro atoms. The molecule has 21 heavy (non-hydrogen) atoms. The van der Waals surface area contributed by atoms with E-state index in [0.717, 1.165) is 16.9 Å². The van der Waals surface area contributed by atoms with Crippen molar-refractivity contribution in [1.82, 2.24) is 5.43 Å². The summed E-state index contributed by atoms with van der Waals surface area (Å²) in [7, 11) is 1.62. The molecule has 0 saturated heterocycles. The molecule has 4 nitrogen and oxygen atoms in total. The lowest BCUT2D eigenvalue weighted by Crippen LogP contribution is -2.19. The molecule has 0 radical (unpaired) electrons. The van der Waals surface area contributed by atoms with Crippen LogP contribution in [0, 0.1) is 6.92 Å². The smallest absolute Gasteiger partial charge is 0.244 e. The van der Waals surface area contributed by atoms with Gasteiger partial charge in [0.05, 0.1) is 19.7 Å². The summed E-state index contributed by atoms with van der Waals surface area (Å²) in [5.41, 5.74) is 5.56. The molecule has 2 aromatic rings. The highest BCUT2D eigenvalue weighted by molar-refractivity contribution is 5.83. The maximum Gasteiger partial charge on any atom is 0.244 e. The van der Waals surface area contributed by atoms with Crippen LogP contribution in [-0.4, -0.2) is 19.2 Å². The second kappa shape index (κ2) is 7.24. The second-order valence-electron chi connectivity index (χ2n) is 4.73. The van der Waals surface area contributed by atoms with E-state index in [1.54, 1.807) is 13.3 Å². The van der Waals surface area contributed by atoms with E-state index in [2.05, 4.69) is 10.5 Å². The summed E-state index contributed by atoms with van der Waals surface area (Å²) >= 11 is 0. The SMILES string of the molecule is COc1ccc(C=NNC(=O)Cc2ccc(C)cc2)cc1. The Labute approximate surface area is 124 Å². The van der Waals surface area contributed by atoms with E-state index < -0.39 is 0 Å². The quantitative estimate of drug-likeness (QED) is 0.677. The van der Waals surface area contributed by atoms with Crippen LogP contribution in [0.3, 0.4) is 0 Å². The first-order valence-corrected chi connectivity index (χ1v) is 6.69. The summed E-state index contributed by atoms with van der Waals surface area (Å²) < 4.78 is 5.07. The van der Waals surface area contributed by atoms with Crippen LogP contribution in [0.2, 0.25) is 0 Å². The summed E-state index contributed by atoms with van der Waals surface area (Å²) in [6.07, 6.45) is 1.92. The molecule has 0 unspecified atom stereocenters. The Kier molecular flexibility index (Phi) is 5.10. The molecule has 0 aliphatic rings. The van der Waals surface area contributed by atoms with Crippen LogP contribution in [-0.2, 0) is 11.2 Å². The predicted octanol–water partition coefficient (Wildman–Crippen LogP) is 2.70. The fourth-order valence-electron chi connectivity index (χ4n) is 1.80. The van der Waals surface area contributed by atoms with Crippen LogP contribution in [0.1, 0.15) is 16.7 Å². The van der Waals surface area contributed by atoms with Crippen LogP contribution in [0.4, 0.5) is 0 Å². The van der Waals surface area contributed by atoms with Gasteiger partial charge in [0.15, 0.2) is 0 Å². The molecular formula is C17H18N2O2. The summed E-state index contributed by atoms with van der Waals surface area (Å²) in [5, 5.41) is 3.95. The number of aryl methyl sites for hydroxylation is 1. The van der Waals surface area contributed by atoms with Crippen molar-refractivity contribution in [3.63, 3.8) is 0 Å². The van der Waals surface area contributed by atoms with Crippen molar-refractivity contribution in [3.8, 4) is 5.75 Å². The van der Waals surface area contributed by atoms with Gasteiger partial charge in [0.1, 0.15) is 5.75 Å². The van der Waals surface area contributed by atoms with Crippen LogP contribution >= 0.6 is 0 Å². The number of carbonyl (C=O) groups excluding carboxylic acids is 1. The van der Waals surface area contributed by atoms with Gasteiger partial charge in [0.2, 0.25) is 5.91 Å². The van der Waals surface area contributed by atoms with E-state index in [1.807, 2.05) is 55.5 Å². The zero-order valence-corrected chi connectivity index (χ0v) is 12.2. The molecular weight excluding hydrogens is 264 g/mol. The number of hydrazone groups is 1. The zero-order valence-electron chi connectivity index (χ0n) is 12.2. The fraction of sp³-hybridized carbons (Fsp3) is 0.176. The van der Waals surface area contributed by atoms with E-state index in [0.29, 0.717) is 6.42 Å². The summed E-state index contributed by atoms with van der Waals surface area (Å²) in [6, 6.07) is 15.3. The number of nitrogens with zero attached hydrogens (tertiary/aromatic N) is 1. The maximum absolute atomic E-state index is 11.7. The molecule has 0 aliphatic carbocycles. The summed E-state index contributed by atoms with van der Waals surface area (Å²) in [6.45, 7) is 2.02. The van der Waals surface area contributed by atoms with Crippen molar-refractivity contribution in [2.45, 2.75) is 13.3 Å². The minimum absolute atomic E-state index is 0.136. The number of amides is 1. The Morgan fingerprint density at radius 1 is 1.14 bits per heavy atom. The Bertz CT molecular complexity index is 616. The van der Waals surface area contributed by atoms with Gasteiger partial charge in [-0.15, -0.1) is 0 Å². The molecule has 0 aliphatic heterocycles. The lowest BCUT2D eigenvalue weighted by atomic mass is 10.1. The molecule has 2 aromatic carbocycles. The minimum Gasteiger partial charge on any atom is -0.497 e. The lowest BCUT2D eigenvalue weighted by molar-refractivity contribution is -0.120. The predicted molar refractivity (Wildman–Crippen MR) is 83.6 cm³/mol. The normalized spacial score (nSPS) is 10.6. The highest BCUT2D eigenvalue weighted by Gasteiger charge is 2.01. The third-order valence-corrected chi connectivity index (χ3v) is 3.00. The Hall–Kier alpha value is -2.62. The molecule has 0 heterocycles. The maximum atomic E-state index is 11.7. The standard InChI is InChI=1S/C17H18N2O2/c1-13-3-5-14(6-4-13)11-17(20)19-18-12-15-7-9-16(21-2)10-8-15/h3-10,12H,11H2,1-2H3,(H,19,20). The van der Waals surface area contributed by atoms with Crippen molar-refractivity contribution in [3.05, 3.63) is 65.2 Å². The third kappa shape index (κ3) is 4.76. The first-order valence-electron chi connectivity index (χ1n) is 6.69. The minimum atomic E-state index is -0.136. The molecule has 4 heteroatoms. The third-order valence-electron chi connectivity index (χ3n) is 3.00. The average molecular weight is 282 g/mol. The number of ether oxygens (including phenoxy) is 1. The summed E-state index contributed by atoms with van der Waals surface area (Å²) in [5.74, 6) is 0.652. The van der Waals surface area contributed by atoms with Crippen LogP contribution in [0.5, 0.6) is 5.75 Å². The van der Waals surface area contributed by atoms with Crippen molar-refractivity contribution < 1.29 is 9.53 Å². The molecule has 0 atom stereocenters. The topological polar surface area (TPSA) is 50.7 Å². The van der Waals surface area contributed by atoms with Gasteiger partial charge in [-0.2, -0.15) is 5.10 Å². The highest BCUT2D eigenvalue weighted by atomic mass is 16.5. The van der Waals surface area contributed by atoms with Gasteiger partial charge in [0, 0.05) is 0 Å². The van der Waals surface area contributed by atoms with Crippen LogP contribution in [0.25, 0.3) is 0 Å². The first-order chi connectivity index (χ1) is 10.2. The summed E-state index contributed by atoms with van der Waals surface area (Å²) in [4.78, 5) is 11.7. The van der Waals surface area contributed by atoms with Gasteiger partial charge in [-0.05, 0) is 42.3 Å². The molecule has 0 saturated carbocycles. The second-order valence-corrected chi connectivity index (χ2v) is 4.73. The molecule has 1 amide bonds. The Morgan fingerprint density at radius 2 is 1.81 bits per heavy atom. The zero-order chi connectivity index (χ0) is 15.1. The number of nitrogens with one attached hydrogen (secondary N) is 1. The van der Waals surface area contributed by atoms with Crippen LogP contribution < -0.4 is 10.2 Å². The average Bonchev–Trinajstić information content (AvgIpc) is 2.50. The van der Waals surface area contributed by atoms with Gasteiger partial charge >= 0.3 is 0 Å². The number of rotatable bonds is 5. The lowest BCUT2D eigenvalue weighted by Gasteiger charge is -2.01. The van der Waals surface area contributed by atoms with E-state index in [1.165, 1.54) is 5.56 Å². The van der Waals surface area contributed by atoms with E-state index >= 15 is 0 Å². The molecule has 1 N–H and O–H groups in total. The van der Waals surface area contributed by atoms with E-state index in [4.69, 9.17) is 4.74 Å². The number of hydrogen-bond acceptors (Lipinski definition) is 3. The van der Waals surface area contributed by atoms with E-state index in [-0.39, 0.29) is 5.91 Å². The number of hydrogen-bond donors (Lipinski definition) is 1. The van der Waals surface area contributed by atoms with Gasteiger partial charge in [-0.1, -0.05) is 29.8 Å². The van der Waals surface area contributed by atoms with Crippen molar-refractivity contribution in [2.75, 3.05) is 7.11 Å². The van der Waals surface area contributed by atoms with Crippen molar-refractivity contribution >= 4 is 12.1 Å². The monoisotopic (exact) mass is 282 g/mol. The number of benzene rings is 2. The highest BCUT2D eigenvalue weighted by Crippen LogP contribution is 2.09. The molecule has 0 aromatic heterocycles. The first kappa shape index (κ1) is 14.8. The van der Waals surface area contributed by atoms with Gasteiger partial charge in [0.25, 0.3) is 0 Å². The van der Waals surface area contributed by atoms with E-state index in [9.17, 15) is 4.79 Å². The fourth-order valence-corrected chi connectivity index (χ4v) is 1.80. The number of methoxy groups -OCH3 is 1. The van der Waals surface area contributed by atoms with Crippen molar-refractivity contribution in [2.24, 2.45) is 5.10 Å². The molecule has 0 bridgehead atoms. The van der Waals surface area contributed by atoms with Gasteiger partial charge in [-0.25, -0.2) is 5.43 Å². The Morgan fingerprint density at radius 3 is 2.43 bits per heavy atom. The molecule has 108 valence electrons.